The van der Waals surface area contributed by atoms with Gasteiger partial charge in [0.25, 0.3) is 0 Å². The van der Waals surface area contributed by atoms with E-state index in [1.807, 2.05) is 36.4 Å². The number of aromatic nitrogens is 3. The summed E-state index contributed by atoms with van der Waals surface area (Å²) < 4.78 is 0. The van der Waals surface area contributed by atoms with Crippen LogP contribution in [-0.4, -0.2) is 15.0 Å². The number of anilines is 2. The van der Waals surface area contributed by atoms with Crippen molar-refractivity contribution in [1.82, 2.24) is 15.0 Å². The van der Waals surface area contributed by atoms with Crippen LogP contribution in [0.4, 0.5) is 11.8 Å². The molecule has 6 heteroatoms. The molecule has 0 aliphatic rings. The van der Waals surface area contributed by atoms with E-state index in [2.05, 4.69) is 32.6 Å². The summed E-state index contributed by atoms with van der Waals surface area (Å²) in [6, 6.07) is 11.9. The van der Waals surface area contributed by atoms with Crippen LogP contribution in [0.15, 0.2) is 48.8 Å². The van der Waals surface area contributed by atoms with Gasteiger partial charge in [0, 0.05) is 17.8 Å². The number of pyridine rings is 1. The molecule has 0 bridgehead atoms. The normalized spacial score (nSPS) is 12.1. The smallest absolute Gasteiger partial charge is 0.239 e. The van der Waals surface area contributed by atoms with E-state index in [0.29, 0.717) is 5.95 Å². The topological polar surface area (TPSA) is 88.8 Å². The summed E-state index contributed by atoms with van der Waals surface area (Å²) in [6.07, 6.45) is 3.55. The fourth-order valence-corrected chi connectivity index (χ4v) is 2.19. The van der Waals surface area contributed by atoms with Gasteiger partial charge in [-0.2, -0.15) is 4.98 Å². The Morgan fingerprint density at radius 2 is 1.81 bits per heavy atom. The van der Waals surface area contributed by atoms with Crippen LogP contribution < -0.4 is 16.6 Å². The molecule has 0 aliphatic heterocycles. The van der Waals surface area contributed by atoms with Gasteiger partial charge >= 0.3 is 0 Å². The summed E-state index contributed by atoms with van der Waals surface area (Å²) in [6.45, 7) is 2.07. The first-order chi connectivity index (χ1) is 10.3. The van der Waals surface area contributed by atoms with Crippen molar-refractivity contribution in [2.75, 3.05) is 10.7 Å². The summed E-state index contributed by atoms with van der Waals surface area (Å²) >= 11 is 0. The van der Waals surface area contributed by atoms with Gasteiger partial charge < -0.3 is 5.32 Å². The van der Waals surface area contributed by atoms with Crippen LogP contribution >= 0.6 is 0 Å². The Hall–Kier alpha value is -2.73. The quantitative estimate of drug-likeness (QED) is 0.502. The molecule has 0 saturated heterocycles. The lowest BCUT2D eigenvalue weighted by Gasteiger charge is -2.16. The Bertz CT molecular complexity index is 743. The van der Waals surface area contributed by atoms with Crippen molar-refractivity contribution in [3.8, 4) is 0 Å². The van der Waals surface area contributed by atoms with Crippen molar-refractivity contribution in [2.24, 2.45) is 5.84 Å². The van der Waals surface area contributed by atoms with E-state index >= 15 is 0 Å². The lowest BCUT2D eigenvalue weighted by atomic mass is 10.1. The standard InChI is InChI=1S/C15H16N6/c1-10(11-6-8-17-9-7-11)18-14-12-4-2-3-5-13(12)19-15(20-14)21-16/h2-10H,16H2,1H3,(H2,18,19,20,21). The molecule has 6 nitrogen and oxygen atoms in total. The fraction of sp³-hybridized carbons (Fsp3) is 0.133. The predicted molar refractivity (Wildman–Crippen MR) is 83.6 cm³/mol. The van der Waals surface area contributed by atoms with Gasteiger partial charge in [0.15, 0.2) is 0 Å². The zero-order chi connectivity index (χ0) is 14.7. The van der Waals surface area contributed by atoms with Gasteiger partial charge in [0.2, 0.25) is 5.95 Å². The summed E-state index contributed by atoms with van der Waals surface area (Å²) in [5.41, 5.74) is 4.47. The van der Waals surface area contributed by atoms with E-state index < -0.39 is 0 Å². The molecule has 1 aromatic carbocycles. The minimum absolute atomic E-state index is 0.0944. The average molecular weight is 280 g/mol. The maximum Gasteiger partial charge on any atom is 0.239 e. The first-order valence-electron chi connectivity index (χ1n) is 6.68. The molecule has 3 rings (SSSR count). The second-order valence-corrected chi connectivity index (χ2v) is 4.70. The van der Waals surface area contributed by atoms with Crippen LogP contribution in [0.2, 0.25) is 0 Å². The molecule has 1 atom stereocenters. The van der Waals surface area contributed by atoms with Crippen LogP contribution in [0, 0.1) is 0 Å². The highest BCUT2D eigenvalue weighted by Crippen LogP contribution is 2.25. The van der Waals surface area contributed by atoms with Gasteiger partial charge in [-0.15, -0.1) is 0 Å². The number of nitrogens with one attached hydrogen (secondary N) is 2. The minimum Gasteiger partial charge on any atom is -0.363 e. The SMILES string of the molecule is CC(Nc1nc(NN)nc2ccccc12)c1ccncc1. The van der Waals surface area contributed by atoms with E-state index in [1.54, 1.807) is 12.4 Å². The van der Waals surface area contributed by atoms with Crippen LogP contribution in [-0.2, 0) is 0 Å². The van der Waals surface area contributed by atoms with Crippen molar-refractivity contribution in [3.05, 3.63) is 54.4 Å². The summed E-state index contributed by atoms with van der Waals surface area (Å²) in [5.74, 6) is 6.58. The monoisotopic (exact) mass is 280 g/mol. The van der Waals surface area contributed by atoms with Crippen LogP contribution in [0.1, 0.15) is 18.5 Å². The Morgan fingerprint density at radius 3 is 2.57 bits per heavy atom. The van der Waals surface area contributed by atoms with Crippen molar-refractivity contribution in [1.29, 1.82) is 0 Å². The fourth-order valence-electron chi connectivity index (χ4n) is 2.19. The molecule has 1 unspecified atom stereocenters. The molecule has 4 N–H and O–H groups in total. The number of nitrogen functional groups attached to an aromatic ring is 1. The minimum atomic E-state index is 0.0944. The van der Waals surface area contributed by atoms with Gasteiger partial charge in [-0.25, -0.2) is 10.8 Å². The lowest BCUT2D eigenvalue weighted by molar-refractivity contribution is 0.872. The number of hydrogen-bond donors (Lipinski definition) is 3. The number of fused-ring (bicyclic) bond motifs is 1. The van der Waals surface area contributed by atoms with Crippen molar-refractivity contribution < 1.29 is 0 Å². The number of nitrogens with zero attached hydrogens (tertiary/aromatic N) is 3. The van der Waals surface area contributed by atoms with E-state index in [0.717, 1.165) is 22.3 Å². The average Bonchev–Trinajstić information content (AvgIpc) is 2.55. The molecular formula is C15H16N6. The van der Waals surface area contributed by atoms with Crippen molar-refractivity contribution in [3.63, 3.8) is 0 Å². The molecule has 0 amide bonds. The number of nitrogens with two attached hydrogens (primary N) is 1. The zero-order valence-electron chi connectivity index (χ0n) is 11.6. The third kappa shape index (κ3) is 2.75. The Balaban J connectivity index is 1.99. The van der Waals surface area contributed by atoms with E-state index in [1.165, 1.54) is 0 Å². The molecule has 0 spiro atoms. The maximum atomic E-state index is 5.44. The third-order valence-electron chi connectivity index (χ3n) is 3.29. The molecule has 0 aliphatic carbocycles. The number of rotatable bonds is 4. The molecule has 0 saturated carbocycles. The van der Waals surface area contributed by atoms with Crippen LogP contribution in [0.25, 0.3) is 10.9 Å². The first kappa shape index (κ1) is 13.3. The van der Waals surface area contributed by atoms with Gasteiger partial charge in [0.1, 0.15) is 5.82 Å². The molecule has 106 valence electrons. The molecule has 0 fully saturated rings. The number of hydrogen-bond acceptors (Lipinski definition) is 6. The largest absolute Gasteiger partial charge is 0.363 e. The highest BCUT2D eigenvalue weighted by Gasteiger charge is 2.10. The first-order valence-corrected chi connectivity index (χ1v) is 6.68. The summed E-state index contributed by atoms with van der Waals surface area (Å²) in [7, 11) is 0. The third-order valence-corrected chi connectivity index (χ3v) is 3.29. The summed E-state index contributed by atoms with van der Waals surface area (Å²) in [4.78, 5) is 12.8. The molecule has 2 heterocycles. The number of benzene rings is 1. The highest BCUT2D eigenvalue weighted by molar-refractivity contribution is 5.90. The van der Waals surface area contributed by atoms with E-state index in [-0.39, 0.29) is 6.04 Å². The molecule has 0 radical (unpaired) electrons. The zero-order valence-corrected chi connectivity index (χ0v) is 11.6. The molecule has 21 heavy (non-hydrogen) atoms. The second kappa shape index (κ2) is 5.72. The van der Waals surface area contributed by atoms with Crippen LogP contribution in [0.3, 0.4) is 0 Å². The van der Waals surface area contributed by atoms with Gasteiger partial charge in [0.05, 0.1) is 11.6 Å². The second-order valence-electron chi connectivity index (χ2n) is 4.70. The molecule has 2 aromatic heterocycles. The summed E-state index contributed by atoms with van der Waals surface area (Å²) in [5, 5.41) is 4.36. The van der Waals surface area contributed by atoms with Crippen molar-refractivity contribution in [2.45, 2.75) is 13.0 Å². The van der Waals surface area contributed by atoms with Gasteiger partial charge in [-0.05, 0) is 36.8 Å². The van der Waals surface area contributed by atoms with E-state index in [4.69, 9.17) is 5.84 Å². The number of hydrazine groups is 1. The Kier molecular flexibility index (Phi) is 3.61. The number of para-hydroxylation sites is 1. The highest BCUT2D eigenvalue weighted by atomic mass is 15.3. The molecular weight excluding hydrogens is 264 g/mol. The van der Waals surface area contributed by atoms with Crippen molar-refractivity contribution >= 4 is 22.7 Å². The Labute approximate surface area is 122 Å². The van der Waals surface area contributed by atoms with Gasteiger partial charge in [-0.1, -0.05) is 12.1 Å². The predicted octanol–water partition coefficient (Wildman–Crippen LogP) is 2.48. The molecule has 3 aromatic rings. The maximum absolute atomic E-state index is 5.44. The van der Waals surface area contributed by atoms with Gasteiger partial charge in [-0.3, -0.25) is 10.4 Å². The van der Waals surface area contributed by atoms with E-state index in [9.17, 15) is 0 Å². The Morgan fingerprint density at radius 1 is 1.05 bits per heavy atom. The lowest BCUT2D eigenvalue weighted by Crippen LogP contribution is -2.14. The van der Waals surface area contributed by atoms with Crippen LogP contribution in [0.5, 0.6) is 0 Å².